The molecule has 4 aromatic rings. The average Bonchev–Trinajstić information content (AvgIpc) is 3.72. The predicted octanol–water partition coefficient (Wildman–Crippen LogP) is -0.335. The number of nitrogens with zero attached hydrogens (tertiary/aromatic N) is 7. The molecule has 0 radical (unpaired) electrons. The Hall–Kier alpha value is -3.43. The van der Waals surface area contributed by atoms with Crippen LogP contribution in [0.5, 0.6) is 0 Å². The number of ether oxygens (including phenoxy) is 2. The molecular formula is C20H23FN10O11P2. The third-order valence-electron chi connectivity index (χ3n) is 7.15. The second kappa shape index (κ2) is 10.6. The first kappa shape index (κ1) is 29.3. The Balaban J connectivity index is 1.19. The molecule has 4 unspecified atom stereocenters. The smallest absolute Gasteiger partial charge is 0.382 e. The lowest BCUT2D eigenvalue weighted by Crippen LogP contribution is -2.34. The SMILES string of the molecule is Nc1nc2c(ncn2[C@@H]2O[C@@H]3COP(=O)(O)O[C@@H]4C(F)[C@H](n5cnc6c(N)ncnc65)O[C@@H]4COP(=O)(O)OC2C3)c(=O)[nH]1. The van der Waals surface area contributed by atoms with E-state index in [1.165, 1.54) is 17.2 Å². The molecule has 4 aromatic heterocycles. The van der Waals surface area contributed by atoms with Crippen molar-refractivity contribution in [3.8, 4) is 0 Å². The number of H-pyrrole nitrogens is 1. The van der Waals surface area contributed by atoms with Crippen LogP contribution in [0, 0.1) is 0 Å². The van der Waals surface area contributed by atoms with Crippen LogP contribution in [0.4, 0.5) is 16.2 Å². The number of nitrogens with one attached hydrogen (secondary N) is 1. The molecule has 0 aromatic carbocycles. The monoisotopic (exact) mass is 660 g/mol. The number of anilines is 2. The number of phosphoric ester groups is 2. The molecule has 2 bridgehead atoms. The summed E-state index contributed by atoms with van der Waals surface area (Å²) in [7, 11) is -9.96. The third-order valence-corrected chi connectivity index (χ3v) is 9.14. The van der Waals surface area contributed by atoms with E-state index < -0.39 is 77.5 Å². The molecule has 44 heavy (non-hydrogen) atoms. The van der Waals surface area contributed by atoms with Gasteiger partial charge in [-0.15, -0.1) is 0 Å². The van der Waals surface area contributed by atoms with Crippen molar-refractivity contribution in [3.05, 3.63) is 29.3 Å². The van der Waals surface area contributed by atoms with Crippen molar-refractivity contribution in [2.24, 2.45) is 0 Å². The molecule has 21 nitrogen and oxygen atoms in total. The molecule has 0 spiro atoms. The van der Waals surface area contributed by atoms with Crippen LogP contribution in [0.25, 0.3) is 22.3 Å². The quantitative estimate of drug-likeness (QED) is 0.172. The van der Waals surface area contributed by atoms with E-state index in [2.05, 4.69) is 29.9 Å². The highest BCUT2D eigenvalue weighted by atomic mass is 31.2. The van der Waals surface area contributed by atoms with Gasteiger partial charge in [-0.2, -0.15) is 4.98 Å². The largest absolute Gasteiger partial charge is 0.472 e. The van der Waals surface area contributed by atoms with Gasteiger partial charge < -0.3 is 30.7 Å². The van der Waals surface area contributed by atoms with Crippen molar-refractivity contribution in [2.75, 3.05) is 24.7 Å². The molecule has 3 fully saturated rings. The number of halogens is 1. The van der Waals surface area contributed by atoms with Gasteiger partial charge in [-0.05, 0) is 0 Å². The number of alkyl halides is 1. The van der Waals surface area contributed by atoms with Crippen LogP contribution in [0.2, 0.25) is 0 Å². The van der Waals surface area contributed by atoms with Gasteiger partial charge in [0.1, 0.15) is 30.2 Å². The minimum atomic E-state index is -5.01. The zero-order chi connectivity index (χ0) is 31.0. The highest BCUT2D eigenvalue weighted by Crippen LogP contribution is 2.54. The number of aromatic amines is 1. The number of hydrogen-bond donors (Lipinski definition) is 5. The maximum absolute atomic E-state index is 15.9. The number of nitrogens with two attached hydrogens (primary N) is 2. The molecule has 0 aliphatic carbocycles. The average molecular weight is 660 g/mol. The number of imidazole rings is 2. The van der Waals surface area contributed by atoms with Crippen LogP contribution in [0.3, 0.4) is 0 Å². The van der Waals surface area contributed by atoms with Gasteiger partial charge in [-0.3, -0.25) is 37.0 Å². The lowest BCUT2D eigenvalue weighted by atomic mass is 10.1. The molecule has 3 aliphatic heterocycles. The van der Waals surface area contributed by atoms with Crippen molar-refractivity contribution < 1.29 is 50.9 Å². The van der Waals surface area contributed by atoms with E-state index in [0.29, 0.717) is 0 Å². The second-order valence-corrected chi connectivity index (χ2v) is 12.8. The summed E-state index contributed by atoms with van der Waals surface area (Å²) in [5, 5.41) is 0. The van der Waals surface area contributed by atoms with Crippen LogP contribution in [0.1, 0.15) is 18.9 Å². The summed E-state index contributed by atoms with van der Waals surface area (Å²) in [5.41, 5.74) is 10.9. The van der Waals surface area contributed by atoms with Crippen LogP contribution in [-0.2, 0) is 36.7 Å². The van der Waals surface area contributed by atoms with Gasteiger partial charge in [0.15, 0.2) is 41.3 Å². The van der Waals surface area contributed by atoms with Crippen molar-refractivity contribution in [1.82, 2.24) is 39.0 Å². The number of hydrogen-bond acceptors (Lipinski definition) is 16. The van der Waals surface area contributed by atoms with E-state index in [0.717, 1.165) is 10.9 Å². The first-order chi connectivity index (χ1) is 20.9. The number of rotatable bonds is 2. The van der Waals surface area contributed by atoms with Crippen LogP contribution < -0.4 is 17.0 Å². The van der Waals surface area contributed by atoms with Crippen LogP contribution in [-0.4, -0.2) is 92.6 Å². The fourth-order valence-electron chi connectivity index (χ4n) is 5.26. The minimum absolute atomic E-state index is 0.0146. The summed E-state index contributed by atoms with van der Waals surface area (Å²) in [5.74, 6) is -0.215. The van der Waals surface area contributed by atoms with E-state index in [4.69, 9.17) is 39.0 Å². The van der Waals surface area contributed by atoms with Gasteiger partial charge in [0.05, 0.1) is 32.0 Å². The van der Waals surface area contributed by atoms with Crippen LogP contribution in [0.15, 0.2) is 23.8 Å². The normalized spacial score (nSPS) is 36.6. The highest BCUT2D eigenvalue weighted by Gasteiger charge is 2.52. The van der Waals surface area contributed by atoms with Gasteiger partial charge in [-0.1, -0.05) is 0 Å². The first-order valence-corrected chi connectivity index (χ1v) is 15.8. The van der Waals surface area contributed by atoms with E-state index in [1.54, 1.807) is 0 Å². The summed E-state index contributed by atoms with van der Waals surface area (Å²) < 4.78 is 76.9. The van der Waals surface area contributed by atoms with Crippen molar-refractivity contribution >= 4 is 49.7 Å². The topological polar surface area (TPSA) is 289 Å². The Labute approximate surface area is 243 Å². The molecule has 236 valence electrons. The molecule has 3 aliphatic rings. The molecule has 0 amide bonds. The van der Waals surface area contributed by atoms with E-state index in [-0.39, 0.29) is 40.5 Å². The lowest BCUT2D eigenvalue weighted by molar-refractivity contribution is -0.0668. The van der Waals surface area contributed by atoms with Gasteiger partial charge in [0, 0.05) is 6.42 Å². The lowest BCUT2D eigenvalue weighted by Gasteiger charge is -2.25. The van der Waals surface area contributed by atoms with Crippen molar-refractivity contribution in [3.63, 3.8) is 0 Å². The van der Waals surface area contributed by atoms with Crippen molar-refractivity contribution in [2.45, 2.75) is 49.5 Å². The summed E-state index contributed by atoms with van der Waals surface area (Å²) in [6, 6.07) is 0. The van der Waals surface area contributed by atoms with Crippen LogP contribution >= 0.6 is 15.6 Å². The molecular weight excluding hydrogens is 637 g/mol. The summed E-state index contributed by atoms with van der Waals surface area (Å²) in [4.78, 5) is 55.7. The Morgan fingerprint density at radius 2 is 1.61 bits per heavy atom. The minimum Gasteiger partial charge on any atom is -0.382 e. The molecule has 0 saturated carbocycles. The standard InChI is InChI=1S/C20H23FN10O11P2/c21-10-13-9(40-19(10)30-5-26-11-14(22)24-4-25-15(11)30)3-38-43(33,34)41-8-1-7(2-37-44(35,36)42-13)39-18(8)31-6-27-12-16(31)28-20(23)29-17(12)32/h4-10,13,18-19H,1-3H2,(H,33,34)(H,35,36)(H2,22,24,25)(H3,23,28,29,32)/t7-,8?,9+,10?,13-,18+,19+/m0/s1. The predicted molar refractivity (Wildman–Crippen MR) is 141 cm³/mol. The highest BCUT2D eigenvalue weighted by molar-refractivity contribution is 7.47. The molecule has 9 atom stereocenters. The molecule has 7 rings (SSSR count). The fraction of sp³-hybridized carbons (Fsp3) is 0.500. The third kappa shape index (κ3) is 5.17. The number of aromatic nitrogens is 8. The number of phosphoric acid groups is 2. The molecule has 7 N–H and O–H groups in total. The van der Waals surface area contributed by atoms with E-state index in [9.17, 15) is 23.7 Å². The first-order valence-electron chi connectivity index (χ1n) is 12.8. The Morgan fingerprint density at radius 1 is 0.909 bits per heavy atom. The second-order valence-electron chi connectivity index (χ2n) is 9.99. The van der Waals surface area contributed by atoms with Gasteiger partial charge in [0.25, 0.3) is 5.56 Å². The molecule has 3 saturated heterocycles. The Bertz CT molecular complexity index is 1900. The van der Waals surface area contributed by atoms with E-state index in [1.807, 2.05) is 0 Å². The molecule has 7 heterocycles. The maximum Gasteiger partial charge on any atom is 0.472 e. The summed E-state index contributed by atoms with van der Waals surface area (Å²) in [6.07, 6.45) is -7.26. The maximum atomic E-state index is 15.9. The van der Waals surface area contributed by atoms with Gasteiger partial charge in [-0.25, -0.2) is 33.5 Å². The zero-order valence-corrected chi connectivity index (χ0v) is 23.8. The molecule has 24 heteroatoms. The fourth-order valence-corrected chi connectivity index (χ4v) is 7.16. The zero-order valence-electron chi connectivity index (χ0n) is 22.0. The Morgan fingerprint density at radius 3 is 2.41 bits per heavy atom. The van der Waals surface area contributed by atoms with E-state index >= 15 is 4.39 Å². The summed E-state index contributed by atoms with van der Waals surface area (Å²) >= 11 is 0. The van der Waals surface area contributed by atoms with Gasteiger partial charge >= 0.3 is 15.6 Å². The number of nitrogen functional groups attached to an aromatic ring is 2. The van der Waals surface area contributed by atoms with Gasteiger partial charge in [0.2, 0.25) is 5.95 Å². The Kier molecular flexibility index (Phi) is 7.05. The summed E-state index contributed by atoms with van der Waals surface area (Å²) in [6.45, 7) is -1.42. The van der Waals surface area contributed by atoms with Crippen molar-refractivity contribution in [1.29, 1.82) is 0 Å². The number of fused-ring (bicyclic) bond motifs is 5.